The van der Waals surface area contributed by atoms with Gasteiger partial charge < -0.3 is 5.11 Å². The zero-order chi connectivity index (χ0) is 22.8. The maximum absolute atomic E-state index is 13.6. The molecule has 0 bridgehead atoms. The summed E-state index contributed by atoms with van der Waals surface area (Å²) in [4.78, 5) is 63.1. The summed E-state index contributed by atoms with van der Waals surface area (Å²) in [5, 5.41) is 10.8. The van der Waals surface area contributed by atoms with Gasteiger partial charge in [-0.2, -0.15) is 0 Å². The van der Waals surface area contributed by atoms with E-state index < -0.39 is 22.9 Å². The predicted molar refractivity (Wildman–Crippen MR) is 112 cm³/mol. The minimum Gasteiger partial charge on any atom is -0.507 e. The van der Waals surface area contributed by atoms with Crippen molar-refractivity contribution >= 4 is 28.9 Å². The summed E-state index contributed by atoms with van der Waals surface area (Å²) in [5.41, 5.74) is 1.38. The first-order chi connectivity index (χ1) is 14.5. The van der Waals surface area contributed by atoms with Crippen LogP contribution in [-0.4, -0.2) is 34.0 Å². The molecule has 4 unspecified atom stereocenters. The van der Waals surface area contributed by atoms with Gasteiger partial charge in [0.05, 0.1) is 11.0 Å². The fourth-order valence-electron chi connectivity index (χ4n) is 5.93. The van der Waals surface area contributed by atoms with Gasteiger partial charge in [-0.1, -0.05) is 17.7 Å². The van der Waals surface area contributed by atoms with Crippen LogP contribution >= 0.6 is 0 Å². The van der Waals surface area contributed by atoms with Crippen LogP contribution in [-0.2, 0) is 32.0 Å². The lowest BCUT2D eigenvalue weighted by molar-refractivity contribution is -0.150. The summed E-state index contributed by atoms with van der Waals surface area (Å²) in [6, 6.07) is 3.47. The first-order valence-corrected chi connectivity index (χ1v) is 10.6. The van der Waals surface area contributed by atoms with Crippen molar-refractivity contribution in [1.82, 2.24) is 0 Å². The Hall–Kier alpha value is -2.89. The Labute approximate surface area is 180 Å². The Bertz CT molecular complexity index is 1110. The van der Waals surface area contributed by atoms with Crippen LogP contribution in [0.5, 0.6) is 5.75 Å². The molecule has 6 heteroatoms. The quantitative estimate of drug-likeness (QED) is 0.751. The lowest BCUT2D eigenvalue weighted by atomic mass is 9.51. The Morgan fingerprint density at radius 1 is 1.13 bits per heavy atom. The van der Waals surface area contributed by atoms with Crippen LogP contribution in [0, 0.1) is 23.2 Å². The molecular formula is C25H26O6. The van der Waals surface area contributed by atoms with Crippen molar-refractivity contribution in [3.8, 4) is 5.75 Å². The molecule has 3 aliphatic rings. The fraction of sp³-hybridized carbons (Fsp3) is 0.480. The predicted octanol–water partition coefficient (Wildman–Crippen LogP) is 2.97. The number of hydrogen-bond donors (Lipinski definition) is 1. The molecule has 1 saturated carbocycles. The van der Waals surface area contributed by atoms with E-state index in [1.807, 2.05) is 0 Å². The highest BCUT2D eigenvalue weighted by Crippen LogP contribution is 2.55. The molecular weight excluding hydrogens is 396 g/mol. The third-order valence-electron chi connectivity index (χ3n) is 7.65. The number of aromatic hydroxyl groups is 1. The second-order valence-corrected chi connectivity index (χ2v) is 9.47. The third kappa shape index (κ3) is 2.95. The van der Waals surface area contributed by atoms with Crippen LogP contribution in [0.15, 0.2) is 23.3 Å². The topological polar surface area (TPSA) is 106 Å². The number of ketones is 5. The molecule has 162 valence electrons. The van der Waals surface area contributed by atoms with Gasteiger partial charge in [0.1, 0.15) is 23.2 Å². The molecule has 6 nitrogen and oxygen atoms in total. The van der Waals surface area contributed by atoms with E-state index in [1.54, 1.807) is 26.0 Å². The smallest absolute Gasteiger partial charge is 0.193 e. The Morgan fingerprint density at radius 2 is 1.81 bits per heavy atom. The molecule has 1 N–H and O–H groups in total. The Morgan fingerprint density at radius 3 is 2.42 bits per heavy atom. The lowest BCUT2D eigenvalue weighted by Gasteiger charge is -2.49. The minimum atomic E-state index is -1.27. The molecule has 31 heavy (non-hydrogen) atoms. The van der Waals surface area contributed by atoms with Gasteiger partial charge >= 0.3 is 0 Å². The maximum Gasteiger partial charge on any atom is 0.193 e. The van der Waals surface area contributed by atoms with E-state index in [0.717, 1.165) is 5.56 Å². The van der Waals surface area contributed by atoms with Crippen LogP contribution in [0.25, 0.3) is 0 Å². The van der Waals surface area contributed by atoms with Crippen LogP contribution in [0.2, 0.25) is 0 Å². The van der Waals surface area contributed by atoms with Crippen molar-refractivity contribution < 1.29 is 29.1 Å². The van der Waals surface area contributed by atoms with Crippen LogP contribution in [0.3, 0.4) is 0 Å². The molecule has 0 heterocycles. The van der Waals surface area contributed by atoms with Gasteiger partial charge in [0, 0.05) is 24.0 Å². The van der Waals surface area contributed by atoms with Crippen molar-refractivity contribution in [3.63, 3.8) is 0 Å². The van der Waals surface area contributed by atoms with Gasteiger partial charge in [-0.05, 0) is 57.9 Å². The van der Waals surface area contributed by atoms with E-state index in [9.17, 15) is 29.1 Å². The van der Waals surface area contributed by atoms with E-state index in [0.29, 0.717) is 29.6 Å². The summed E-state index contributed by atoms with van der Waals surface area (Å²) in [5.74, 6) is -3.49. The average Bonchev–Trinajstić information content (AvgIpc) is 2.66. The summed E-state index contributed by atoms with van der Waals surface area (Å²) < 4.78 is 0. The fourth-order valence-corrected chi connectivity index (χ4v) is 5.93. The van der Waals surface area contributed by atoms with Gasteiger partial charge in [-0.3, -0.25) is 24.0 Å². The Balaban J connectivity index is 1.86. The molecule has 4 rings (SSSR count). The van der Waals surface area contributed by atoms with E-state index >= 15 is 0 Å². The maximum atomic E-state index is 13.6. The minimum absolute atomic E-state index is 0.0362. The summed E-state index contributed by atoms with van der Waals surface area (Å²) >= 11 is 0. The molecule has 1 aromatic rings. The SMILES string of the molecule is CC(=O)Cc1ccc2c(c1O)C(=O)C1=C(C)C3(C)C(=O)C(C(C)=O)C(=O)CC3CC1C2. The van der Waals surface area contributed by atoms with Crippen molar-refractivity contribution in [1.29, 1.82) is 0 Å². The average molecular weight is 422 g/mol. The van der Waals surface area contributed by atoms with Crippen LogP contribution in [0.4, 0.5) is 0 Å². The molecule has 0 spiro atoms. The van der Waals surface area contributed by atoms with Crippen LogP contribution in [0.1, 0.15) is 62.0 Å². The second-order valence-electron chi connectivity index (χ2n) is 9.47. The standard InChI is InChI=1S/C25H26O6/c1-11(26)7-15-6-5-14-8-16-9-17-10-18(28)20(13(3)27)24(31)25(17,4)12(2)19(16)23(30)21(14)22(15)29/h5-6,16-17,20,29H,7-10H2,1-4H3. The second kappa shape index (κ2) is 7.08. The van der Waals surface area contributed by atoms with E-state index in [-0.39, 0.29) is 53.3 Å². The van der Waals surface area contributed by atoms with E-state index in [2.05, 4.69) is 0 Å². The van der Waals surface area contributed by atoms with Gasteiger partial charge in [0.15, 0.2) is 17.3 Å². The van der Waals surface area contributed by atoms with Crippen LogP contribution < -0.4 is 0 Å². The monoisotopic (exact) mass is 422 g/mol. The summed E-state index contributed by atoms with van der Waals surface area (Å²) in [6.45, 7) is 6.18. The number of phenols is 1. The largest absolute Gasteiger partial charge is 0.507 e. The first-order valence-electron chi connectivity index (χ1n) is 10.6. The Kier molecular flexibility index (Phi) is 4.87. The zero-order valence-corrected chi connectivity index (χ0v) is 18.2. The number of rotatable bonds is 3. The van der Waals surface area contributed by atoms with Crippen molar-refractivity contribution in [2.45, 2.75) is 53.4 Å². The van der Waals surface area contributed by atoms with E-state index in [1.165, 1.54) is 13.8 Å². The summed E-state index contributed by atoms with van der Waals surface area (Å²) in [6.07, 6.45) is 1.21. The van der Waals surface area contributed by atoms with Gasteiger partial charge in [-0.25, -0.2) is 0 Å². The number of phenolic OH excluding ortho intramolecular Hbond substituents is 1. The highest BCUT2D eigenvalue weighted by Gasteiger charge is 2.58. The van der Waals surface area contributed by atoms with Gasteiger partial charge in [0.25, 0.3) is 0 Å². The molecule has 4 atom stereocenters. The first kappa shape index (κ1) is 21.3. The highest BCUT2D eigenvalue weighted by molar-refractivity contribution is 6.23. The third-order valence-corrected chi connectivity index (χ3v) is 7.65. The molecule has 1 aromatic carbocycles. The molecule has 0 aromatic heterocycles. The number of Topliss-reactive ketones (excluding diaryl/α,β-unsaturated/α-hetero) is 5. The van der Waals surface area contributed by atoms with Crippen molar-refractivity contribution in [2.75, 3.05) is 0 Å². The number of benzene rings is 1. The molecule has 0 radical (unpaired) electrons. The van der Waals surface area contributed by atoms with Gasteiger partial charge in [-0.15, -0.1) is 0 Å². The molecule has 0 aliphatic heterocycles. The van der Waals surface area contributed by atoms with Crippen molar-refractivity contribution in [2.24, 2.45) is 23.2 Å². The number of carbonyl (C=O) groups excluding carboxylic acids is 5. The molecule has 1 fully saturated rings. The number of fused-ring (bicyclic) bond motifs is 3. The highest BCUT2D eigenvalue weighted by atomic mass is 16.3. The van der Waals surface area contributed by atoms with E-state index in [4.69, 9.17) is 0 Å². The number of allylic oxidation sites excluding steroid dienone is 2. The normalized spacial score (nSPS) is 29.9. The number of carbonyl (C=O) groups is 5. The van der Waals surface area contributed by atoms with Gasteiger partial charge in [0.2, 0.25) is 0 Å². The number of hydrogen-bond acceptors (Lipinski definition) is 6. The molecule has 0 amide bonds. The zero-order valence-electron chi connectivity index (χ0n) is 18.2. The lowest BCUT2D eigenvalue weighted by Crippen LogP contribution is -2.54. The molecule has 3 aliphatic carbocycles. The molecule has 0 saturated heterocycles. The summed E-state index contributed by atoms with van der Waals surface area (Å²) in [7, 11) is 0. The van der Waals surface area contributed by atoms with Crippen molar-refractivity contribution in [3.05, 3.63) is 40.0 Å².